The van der Waals surface area contributed by atoms with Crippen molar-refractivity contribution in [1.29, 1.82) is 0 Å². The monoisotopic (exact) mass is 441 g/mol. The number of benzene rings is 2. The molecule has 0 saturated carbocycles. The highest BCUT2D eigenvalue weighted by Gasteiger charge is 2.30. The van der Waals surface area contributed by atoms with Gasteiger partial charge in [-0.1, -0.05) is 54.2 Å². The summed E-state index contributed by atoms with van der Waals surface area (Å²) in [5.74, 6) is -0.110. The molecule has 156 valence electrons. The molecule has 0 spiro atoms. The van der Waals surface area contributed by atoms with Crippen LogP contribution in [0.3, 0.4) is 0 Å². The lowest BCUT2D eigenvalue weighted by atomic mass is 10.0. The largest absolute Gasteiger partial charge is 0.476 e. The van der Waals surface area contributed by atoms with Crippen molar-refractivity contribution < 1.29 is 14.7 Å². The molecular weight excluding hydrogens is 418 g/mol. The molecule has 8 heteroatoms. The van der Waals surface area contributed by atoms with Crippen LogP contribution in [0.2, 0.25) is 0 Å². The van der Waals surface area contributed by atoms with Gasteiger partial charge >= 0.3 is 5.97 Å². The quantitative estimate of drug-likeness (QED) is 0.491. The molecule has 3 aromatic rings. The van der Waals surface area contributed by atoms with Crippen LogP contribution in [0.4, 0.5) is 0 Å². The van der Waals surface area contributed by atoms with Gasteiger partial charge in [0.1, 0.15) is 0 Å². The van der Waals surface area contributed by atoms with Crippen molar-refractivity contribution in [3.63, 3.8) is 0 Å². The molecule has 2 heterocycles. The normalized spacial score (nSPS) is 16.5. The zero-order valence-corrected chi connectivity index (χ0v) is 18.0. The summed E-state index contributed by atoms with van der Waals surface area (Å²) >= 11 is 2.83. The number of hydrogen-bond acceptors (Lipinski definition) is 6. The number of aromatic nitrogens is 1. The van der Waals surface area contributed by atoms with E-state index in [9.17, 15) is 9.59 Å². The maximum atomic E-state index is 12.3. The van der Waals surface area contributed by atoms with Gasteiger partial charge in [0.2, 0.25) is 5.91 Å². The maximum absolute atomic E-state index is 12.3. The van der Waals surface area contributed by atoms with Crippen molar-refractivity contribution in [3.05, 3.63) is 59.1 Å². The molecule has 0 aliphatic carbocycles. The molecule has 4 rings (SSSR count). The Balaban J connectivity index is 1.29. The summed E-state index contributed by atoms with van der Waals surface area (Å²) in [6, 6.07) is 14.9. The summed E-state index contributed by atoms with van der Waals surface area (Å²) in [6.45, 7) is 2.18. The van der Waals surface area contributed by atoms with Crippen molar-refractivity contribution in [2.75, 3.05) is 18.8 Å². The summed E-state index contributed by atoms with van der Waals surface area (Å²) in [6.07, 6.45) is 1.46. The maximum Gasteiger partial charge on any atom is 0.355 e. The van der Waals surface area contributed by atoms with Gasteiger partial charge in [0.15, 0.2) is 10.0 Å². The molecule has 2 N–H and O–H groups in total. The van der Waals surface area contributed by atoms with Crippen LogP contribution in [0.15, 0.2) is 52.2 Å². The Morgan fingerprint density at radius 2 is 2.10 bits per heavy atom. The van der Waals surface area contributed by atoms with Gasteiger partial charge in [-0.15, -0.1) is 11.3 Å². The number of carbonyl (C=O) groups is 2. The second-order valence-corrected chi connectivity index (χ2v) is 9.40. The molecule has 0 bridgehead atoms. The van der Waals surface area contributed by atoms with E-state index >= 15 is 0 Å². The molecule has 1 aliphatic heterocycles. The predicted octanol–water partition coefficient (Wildman–Crippen LogP) is 3.87. The lowest BCUT2D eigenvalue weighted by Gasteiger charge is -2.25. The molecule has 30 heavy (non-hydrogen) atoms. The third kappa shape index (κ3) is 4.83. The Morgan fingerprint density at radius 1 is 1.27 bits per heavy atom. The number of amides is 1. The average molecular weight is 442 g/mol. The van der Waals surface area contributed by atoms with Crippen LogP contribution < -0.4 is 5.32 Å². The first-order valence-electron chi connectivity index (χ1n) is 9.90. The number of fused-ring (bicyclic) bond motifs is 1. The molecule has 0 radical (unpaired) electrons. The van der Waals surface area contributed by atoms with Gasteiger partial charge in [0.25, 0.3) is 0 Å². The van der Waals surface area contributed by atoms with E-state index in [0.29, 0.717) is 18.7 Å². The SMILES string of the molecule is O=C(O)c1csc(SCCN2C(=O)CC[C@@H]2CNCc2cccc3ccccc23)n1. The number of likely N-dealkylation sites (tertiary alicyclic amines) is 1. The van der Waals surface area contributed by atoms with Crippen molar-refractivity contribution in [3.8, 4) is 0 Å². The molecule has 1 fully saturated rings. The Morgan fingerprint density at radius 3 is 2.93 bits per heavy atom. The highest BCUT2D eigenvalue weighted by molar-refractivity contribution is 8.01. The van der Waals surface area contributed by atoms with Gasteiger partial charge in [-0.3, -0.25) is 4.79 Å². The number of rotatable bonds is 9. The van der Waals surface area contributed by atoms with Gasteiger partial charge in [-0.2, -0.15) is 0 Å². The van der Waals surface area contributed by atoms with Crippen molar-refractivity contribution in [2.24, 2.45) is 0 Å². The smallest absolute Gasteiger partial charge is 0.355 e. The molecule has 1 amide bonds. The van der Waals surface area contributed by atoms with Crippen molar-refractivity contribution >= 4 is 45.7 Å². The fourth-order valence-electron chi connectivity index (χ4n) is 3.79. The molecule has 2 aromatic carbocycles. The van der Waals surface area contributed by atoms with Crippen molar-refractivity contribution in [2.45, 2.75) is 29.8 Å². The molecule has 1 saturated heterocycles. The molecule has 6 nitrogen and oxygen atoms in total. The molecule has 1 atom stereocenters. The van der Waals surface area contributed by atoms with Crippen LogP contribution in [-0.2, 0) is 11.3 Å². The van der Waals surface area contributed by atoms with Gasteiger partial charge in [0.05, 0.1) is 0 Å². The van der Waals surface area contributed by atoms with E-state index in [0.717, 1.165) is 23.8 Å². The van der Waals surface area contributed by atoms with Gasteiger partial charge < -0.3 is 15.3 Å². The lowest BCUT2D eigenvalue weighted by Crippen LogP contribution is -2.41. The Bertz CT molecular complexity index is 1050. The summed E-state index contributed by atoms with van der Waals surface area (Å²) in [5.41, 5.74) is 1.34. The fourth-order valence-corrected chi connectivity index (χ4v) is 5.59. The van der Waals surface area contributed by atoms with Crippen LogP contribution in [0.5, 0.6) is 0 Å². The second kappa shape index (κ2) is 9.59. The highest BCUT2D eigenvalue weighted by atomic mass is 32.2. The predicted molar refractivity (Wildman–Crippen MR) is 120 cm³/mol. The fraction of sp³-hybridized carbons (Fsp3) is 0.318. The third-order valence-electron chi connectivity index (χ3n) is 5.29. The lowest BCUT2D eigenvalue weighted by molar-refractivity contribution is -0.128. The van der Waals surface area contributed by atoms with Crippen LogP contribution in [-0.4, -0.2) is 51.8 Å². The number of carboxylic acid groups (broad SMARTS) is 1. The van der Waals surface area contributed by atoms with Crippen LogP contribution in [0, 0.1) is 0 Å². The zero-order valence-electron chi connectivity index (χ0n) is 16.4. The highest BCUT2D eigenvalue weighted by Crippen LogP contribution is 2.25. The van der Waals surface area contributed by atoms with E-state index in [1.165, 1.54) is 39.4 Å². The minimum absolute atomic E-state index is 0.0789. The first-order chi connectivity index (χ1) is 14.6. The number of carbonyl (C=O) groups excluding carboxylic acids is 1. The van der Waals surface area contributed by atoms with E-state index < -0.39 is 5.97 Å². The first-order valence-corrected chi connectivity index (χ1v) is 11.8. The topological polar surface area (TPSA) is 82.5 Å². The van der Waals surface area contributed by atoms with Crippen molar-refractivity contribution in [1.82, 2.24) is 15.2 Å². The third-order valence-corrected chi connectivity index (χ3v) is 7.29. The average Bonchev–Trinajstić information content (AvgIpc) is 3.36. The summed E-state index contributed by atoms with van der Waals surface area (Å²) < 4.78 is 0.727. The summed E-state index contributed by atoms with van der Waals surface area (Å²) in [5, 5.41) is 16.5. The summed E-state index contributed by atoms with van der Waals surface area (Å²) in [7, 11) is 0. The van der Waals surface area contributed by atoms with E-state index in [2.05, 4.69) is 46.7 Å². The van der Waals surface area contributed by atoms with E-state index in [-0.39, 0.29) is 17.6 Å². The molecule has 1 aromatic heterocycles. The minimum atomic E-state index is -1.01. The van der Waals surface area contributed by atoms with Crippen LogP contribution >= 0.6 is 23.1 Å². The Kier molecular flexibility index (Phi) is 6.66. The molecular formula is C22H23N3O3S2. The number of hydrogen-bond donors (Lipinski definition) is 2. The van der Waals surface area contributed by atoms with Crippen LogP contribution in [0.1, 0.15) is 28.9 Å². The summed E-state index contributed by atoms with van der Waals surface area (Å²) in [4.78, 5) is 29.3. The zero-order chi connectivity index (χ0) is 20.9. The number of thioether (sulfide) groups is 1. The molecule has 1 aliphatic rings. The van der Waals surface area contributed by atoms with Gasteiger partial charge in [0, 0.05) is 43.2 Å². The number of carboxylic acids is 1. The second-order valence-electron chi connectivity index (χ2n) is 7.20. The van der Waals surface area contributed by atoms with Gasteiger partial charge in [-0.25, -0.2) is 9.78 Å². The number of aromatic carboxylic acids is 1. The van der Waals surface area contributed by atoms with E-state index in [4.69, 9.17) is 5.11 Å². The van der Waals surface area contributed by atoms with E-state index in [1.54, 1.807) is 5.38 Å². The van der Waals surface area contributed by atoms with Crippen LogP contribution in [0.25, 0.3) is 10.8 Å². The number of thiazole rings is 1. The minimum Gasteiger partial charge on any atom is -0.476 e. The van der Waals surface area contributed by atoms with E-state index in [1.807, 2.05) is 11.0 Å². The number of nitrogens with one attached hydrogen (secondary N) is 1. The molecule has 0 unspecified atom stereocenters. The Hall–Kier alpha value is -2.42. The van der Waals surface area contributed by atoms with Gasteiger partial charge in [-0.05, 0) is 22.8 Å². The standard InChI is InChI=1S/C22H23N3O3S2/c26-20-9-8-17(25(20)10-11-29-22-24-19(14-30-22)21(27)28)13-23-12-16-6-3-5-15-4-1-2-7-18(15)16/h1-7,14,17,23H,8-13H2,(H,27,28)/t17-/m1/s1. The first kappa shape index (κ1) is 20.8. The Labute approximate surface area is 183 Å². The number of nitrogens with zero attached hydrogens (tertiary/aromatic N) is 2.